The van der Waals surface area contributed by atoms with Crippen molar-refractivity contribution < 1.29 is 9.63 Å². The van der Waals surface area contributed by atoms with E-state index in [2.05, 4.69) is 15.6 Å². The molecule has 0 bridgehead atoms. The highest BCUT2D eigenvalue weighted by atomic mass is 35.5. The first-order chi connectivity index (χ1) is 4.70. The van der Waals surface area contributed by atoms with Gasteiger partial charge in [-0.2, -0.15) is 0 Å². The zero-order chi connectivity index (χ0) is 7.56. The zero-order valence-corrected chi connectivity index (χ0v) is 5.58. The van der Waals surface area contributed by atoms with E-state index in [4.69, 9.17) is 11.6 Å². The highest BCUT2D eigenvalue weighted by Crippen LogP contribution is 2.00. The SMILES string of the molecule is NC(=O)On1ccnc1Cl. The minimum atomic E-state index is -0.931. The molecule has 0 aliphatic carbocycles. The van der Waals surface area contributed by atoms with E-state index in [-0.39, 0.29) is 5.28 Å². The van der Waals surface area contributed by atoms with Crippen molar-refractivity contribution in [2.45, 2.75) is 0 Å². The second-order valence-corrected chi connectivity index (χ2v) is 1.77. The van der Waals surface area contributed by atoms with Gasteiger partial charge in [0.1, 0.15) is 0 Å². The third-order valence-corrected chi connectivity index (χ3v) is 1.02. The van der Waals surface area contributed by atoms with Crippen LogP contribution in [0.4, 0.5) is 4.79 Å². The number of amides is 1. The van der Waals surface area contributed by atoms with E-state index in [0.717, 1.165) is 4.73 Å². The number of carbonyl (C=O) groups excluding carboxylic acids is 1. The molecule has 6 heteroatoms. The van der Waals surface area contributed by atoms with Crippen molar-refractivity contribution >= 4 is 17.7 Å². The van der Waals surface area contributed by atoms with Crippen molar-refractivity contribution in [3.8, 4) is 0 Å². The first kappa shape index (κ1) is 6.88. The molecule has 5 nitrogen and oxygen atoms in total. The Hall–Kier alpha value is -1.23. The molecule has 0 saturated carbocycles. The molecule has 1 aromatic heterocycles. The molecule has 1 heterocycles. The summed E-state index contributed by atoms with van der Waals surface area (Å²) < 4.78 is 0.962. The van der Waals surface area contributed by atoms with Gasteiger partial charge < -0.3 is 10.6 Å². The molecule has 0 unspecified atom stereocenters. The van der Waals surface area contributed by atoms with Gasteiger partial charge in [0, 0.05) is 0 Å². The lowest BCUT2D eigenvalue weighted by Gasteiger charge is -1.98. The van der Waals surface area contributed by atoms with Gasteiger partial charge in [-0.15, -0.1) is 4.73 Å². The van der Waals surface area contributed by atoms with Crippen molar-refractivity contribution in [3.05, 3.63) is 17.7 Å². The summed E-state index contributed by atoms with van der Waals surface area (Å²) in [4.78, 5) is 18.0. The molecule has 0 aliphatic rings. The lowest BCUT2D eigenvalue weighted by Crippen LogP contribution is -2.24. The van der Waals surface area contributed by atoms with Crippen LogP contribution in [-0.2, 0) is 0 Å². The maximum Gasteiger partial charge on any atom is 0.429 e. The van der Waals surface area contributed by atoms with Crippen LogP contribution in [0.5, 0.6) is 0 Å². The van der Waals surface area contributed by atoms with Crippen LogP contribution in [0.1, 0.15) is 0 Å². The quantitative estimate of drug-likeness (QED) is 0.633. The Kier molecular flexibility index (Phi) is 1.77. The van der Waals surface area contributed by atoms with Crippen LogP contribution < -0.4 is 10.6 Å². The monoisotopic (exact) mass is 161 g/mol. The molecule has 1 amide bonds. The maximum atomic E-state index is 10.1. The van der Waals surface area contributed by atoms with E-state index in [9.17, 15) is 4.79 Å². The molecular formula is C4H4ClN3O2. The van der Waals surface area contributed by atoms with Crippen LogP contribution in [0, 0.1) is 0 Å². The van der Waals surface area contributed by atoms with Crippen LogP contribution in [0.3, 0.4) is 0 Å². The van der Waals surface area contributed by atoms with Crippen molar-refractivity contribution in [2.75, 3.05) is 0 Å². The average Bonchev–Trinajstić information content (AvgIpc) is 2.15. The molecule has 0 fully saturated rings. The molecule has 0 atom stereocenters. The van der Waals surface area contributed by atoms with Crippen molar-refractivity contribution in [1.82, 2.24) is 9.71 Å². The summed E-state index contributed by atoms with van der Waals surface area (Å²) in [5.74, 6) is 0. The van der Waals surface area contributed by atoms with Crippen molar-refractivity contribution in [1.29, 1.82) is 0 Å². The number of rotatable bonds is 1. The Balaban J connectivity index is 2.74. The van der Waals surface area contributed by atoms with Crippen LogP contribution in [0.2, 0.25) is 5.28 Å². The lowest BCUT2D eigenvalue weighted by molar-refractivity contribution is 0.143. The summed E-state index contributed by atoms with van der Waals surface area (Å²) in [7, 11) is 0. The summed E-state index contributed by atoms with van der Waals surface area (Å²) in [5, 5.41) is 0.0544. The predicted molar refractivity (Wildman–Crippen MR) is 33.4 cm³/mol. The molecule has 1 rings (SSSR count). The summed E-state index contributed by atoms with van der Waals surface area (Å²) in [5.41, 5.74) is 4.68. The topological polar surface area (TPSA) is 70.1 Å². The van der Waals surface area contributed by atoms with Gasteiger partial charge in [-0.05, 0) is 11.6 Å². The Bertz CT molecular complexity index is 246. The summed E-state index contributed by atoms with van der Waals surface area (Å²) in [6.45, 7) is 0. The number of imidazole rings is 1. The number of nitrogens with two attached hydrogens (primary N) is 1. The van der Waals surface area contributed by atoms with Gasteiger partial charge in [0.2, 0.25) is 5.28 Å². The van der Waals surface area contributed by atoms with E-state index in [1.807, 2.05) is 0 Å². The summed E-state index contributed by atoms with van der Waals surface area (Å²) in [6.07, 6.45) is 1.82. The first-order valence-corrected chi connectivity index (χ1v) is 2.74. The second-order valence-electron chi connectivity index (χ2n) is 1.43. The Morgan fingerprint density at radius 3 is 3.00 bits per heavy atom. The minimum absolute atomic E-state index is 0.0544. The maximum absolute atomic E-state index is 10.1. The Morgan fingerprint density at radius 1 is 1.90 bits per heavy atom. The molecule has 1 aromatic rings. The van der Waals surface area contributed by atoms with Gasteiger partial charge in [-0.25, -0.2) is 9.78 Å². The highest BCUT2D eigenvalue weighted by Gasteiger charge is 2.00. The second kappa shape index (κ2) is 2.57. The third kappa shape index (κ3) is 1.38. The molecular weight excluding hydrogens is 158 g/mol. The smallest absolute Gasteiger partial charge is 0.333 e. The average molecular weight is 162 g/mol. The van der Waals surface area contributed by atoms with Crippen LogP contribution >= 0.6 is 11.6 Å². The van der Waals surface area contributed by atoms with Gasteiger partial charge >= 0.3 is 6.09 Å². The lowest BCUT2D eigenvalue weighted by atomic mass is 11.0. The molecule has 10 heavy (non-hydrogen) atoms. The van der Waals surface area contributed by atoms with Crippen molar-refractivity contribution in [3.63, 3.8) is 0 Å². The first-order valence-electron chi connectivity index (χ1n) is 2.37. The minimum Gasteiger partial charge on any atom is -0.333 e. The summed E-state index contributed by atoms with van der Waals surface area (Å²) >= 11 is 5.40. The van der Waals surface area contributed by atoms with Gasteiger partial charge in [0.15, 0.2) is 0 Å². The van der Waals surface area contributed by atoms with Gasteiger partial charge in [-0.3, -0.25) is 0 Å². The number of primary amides is 1. The number of carbonyl (C=O) groups is 1. The number of hydrogen-bond donors (Lipinski definition) is 1. The van der Waals surface area contributed by atoms with E-state index in [1.54, 1.807) is 0 Å². The standard InChI is InChI=1S/C4H4ClN3O2/c5-3-7-1-2-8(3)10-4(6)9/h1-2H,(H2,6,9). The Labute approximate surface area is 61.3 Å². The Morgan fingerprint density at radius 2 is 2.60 bits per heavy atom. The fraction of sp³-hybridized carbons (Fsp3) is 0. The third-order valence-electron chi connectivity index (χ3n) is 0.753. The normalized spacial score (nSPS) is 9.30. The molecule has 0 radical (unpaired) electrons. The highest BCUT2D eigenvalue weighted by molar-refractivity contribution is 6.28. The fourth-order valence-corrected chi connectivity index (χ4v) is 0.586. The van der Waals surface area contributed by atoms with Crippen LogP contribution in [-0.4, -0.2) is 15.8 Å². The fourth-order valence-electron chi connectivity index (χ4n) is 0.439. The molecule has 0 saturated heterocycles. The zero-order valence-electron chi connectivity index (χ0n) is 4.82. The number of nitrogens with zero attached hydrogens (tertiary/aromatic N) is 2. The van der Waals surface area contributed by atoms with Gasteiger partial charge in [0.05, 0.1) is 12.4 Å². The summed E-state index contributed by atoms with van der Waals surface area (Å²) in [6, 6.07) is 0. The van der Waals surface area contributed by atoms with E-state index in [1.165, 1.54) is 12.4 Å². The van der Waals surface area contributed by atoms with E-state index >= 15 is 0 Å². The number of halogens is 1. The number of aromatic nitrogens is 2. The predicted octanol–water partition coefficient (Wildman–Crippen LogP) is 0.0438. The molecule has 0 aromatic carbocycles. The number of hydrogen-bond acceptors (Lipinski definition) is 3. The van der Waals surface area contributed by atoms with Crippen LogP contribution in [0.25, 0.3) is 0 Å². The van der Waals surface area contributed by atoms with E-state index in [0.29, 0.717) is 0 Å². The molecule has 54 valence electrons. The molecule has 0 spiro atoms. The van der Waals surface area contributed by atoms with Crippen LogP contribution in [0.15, 0.2) is 12.4 Å². The van der Waals surface area contributed by atoms with Gasteiger partial charge in [0.25, 0.3) is 0 Å². The van der Waals surface area contributed by atoms with Crippen molar-refractivity contribution in [2.24, 2.45) is 5.73 Å². The molecule has 2 N–H and O–H groups in total. The largest absolute Gasteiger partial charge is 0.429 e. The van der Waals surface area contributed by atoms with E-state index < -0.39 is 6.09 Å². The molecule has 0 aliphatic heterocycles. The van der Waals surface area contributed by atoms with Gasteiger partial charge in [-0.1, -0.05) is 0 Å².